The van der Waals surface area contributed by atoms with Gasteiger partial charge in [0.1, 0.15) is 12.4 Å². The van der Waals surface area contributed by atoms with E-state index in [9.17, 15) is 0 Å². The molecule has 1 aromatic heterocycles. The quantitative estimate of drug-likeness (QED) is 0.326. The smallest absolute Gasteiger partial charge is 0.119 e. The highest BCUT2D eigenvalue weighted by atomic mass is 79.9. The SMILES string of the molecule is Brc1ccc2c(c1)c1cc(Br)ccc1n2C=CCOc1ccccc1. The predicted molar refractivity (Wildman–Crippen MR) is 112 cm³/mol. The summed E-state index contributed by atoms with van der Waals surface area (Å²) < 4.78 is 10.1. The Balaban J connectivity index is 1.71. The monoisotopic (exact) mass is 455 g/mol. The van der Waals surface area contributed by atoms with E-state index in [-0.39, 0.29) is 0 Å². The van der Waals surface area contributed by atoms with Gasteiger partial charge < -0.3 is 9.30 Å². The molecule has 0 aliphatic carbocycles. The van der Waals surface area contributed by atoms with Crippen LogP contribution in [-0.2, 0) is 0 Å². The van der Waals surface area contributed by atoms with Crippen molar-refractivity contribution in [3.63, 3.8) is 0 Å². The normalized spacial score (nSPS) is 11.6. The second-order valence-corrected chi connectivity index (χ2v) is 7.53. The van der Waals surface area contributed by atoms with Gasteiger partial charge in [-0.15, -0.1) is 0 Å². The summed E-state index contributed by atoms with van der Waals surface area (Å²) in [7, 11) is 0. The van der Waals surface area contributed by atoms with E-state index in [0.717, 1.165) is 14.7 Å². The average molecular weight is 457 g/mol. The van der Waals surface area contributed by atoms with Gasteiger partial charge in [-0.3, -0.25) is 0 Å². The molecule has 1 heterocycles. The highest BCUT2D eigenvalue weighted by Gasteiger charge is 2.09. The van der Waals surface area contributed by atoms with Gasteiger partial charge in [0.2, 0.25) is 0 Å². The van der Waals surface area contributed by atoms with E-state index in [1.807, 2.05) is 36.4 Å². The van der Waals surface area contributed by atoms with Crippen molar-refractivity contribution in [2.75, 3.05) is 6.61 Å². The first-order valence-electron chi connectivity index (χ1n) is 7.95. The first-order valence-corrected chi connectivity index (χ1v) is 9.54. The number of aromatic nitrogens is 1. The van der Waals surface area contributed by atoms with Crippen LogP contribution in [0, 0.1) is 0 Å². The fourth-order valence-corrected chi connectivity index (χ4v) is 3.69. The van der Waals surface area contributed by atoms with Gasteiger partial charge in [-0.05, 0) is 54.6 Å². The van der Waals surface area contributed by atoms with Crippen molar-refractivity contribution in [1.82, 2.24) is 4.57 Å². The van der Waals surface area contributed by atoms with E-state index in [0.29, 0.717) is 6.61 Å². The number of rotatable bonds is 4. The molecule has 0 spiro atoms. The number of benzene rings is 3. The molecule has 0 saturated carbocycles. The summed E-state index contributed by atoms with van der Waals surface area (Å²) in [6.07, 6.45) is 4.12. The maximum atomic E-state index is 5.75. The summed E-state index contributed by atoms with van der Waals surface area (Å²) in [6.45, 7) is 0.526. The van der Waals surface area contributed by atoms with Crippen molar-refractivity contribution in [2.24, 2.45) is 0 Å². The summed E-state index contributed by atoms with van der Waals surface area (Å²) in [5, 5.41) is 2.44. The van der Waals surface area contributed by atoms with Crippen molar-refractivity contribution in [2.45, 2.75) is 0 Å². The molecule has 4 aromatic rings. The molecule has 0 atom stereocenters. The number of para-hydroxylation sites is 1. The molecule has 4 rings (SSSR count). The minimum Gasteiger partial charge on any atom is -0.489 e. The van der Waals surface area contributed by atoms with Crippen LogP contribution in [0.1, 0.15) is 0 Å². The lowest BCUT2D eigenvalue weighted by Gasteiger charge is -2.03. The number of fused-ring (bicyclic) bond motifs is 3. The number of hydrogen-bond acceptors (Lipinski definition) is 1. The van der Waals surface area contributed by atoms with Crippen LogP contribution < -0.4 is 4.74 Å². The molecular weight excluding hydrogens is 442 g/mol. The lowest BCUT2D eigenvalue weighted by Crippen LogP contribution is -1.94. The Morgan fingerprint density at radius 1 is 0.800 bits per heavy atom. The van der Waals surface area contributed by atoms with Crippen LogP contribution in [0.25, 0.3) is 28.0 Å². The van der Waals surface area contributed by atoms with E-state index in [1.165, 1.54) is 21.8 Å². The van der Waals surface area contributed by atoms with Crippen molar-refractivity contribution < 1.29 is 4.74 Å². The molecule has 0 fully saturated rings. The molecule has 0 aliphatic rings. The molecule has 0 radical (unpaired) electrons. The molecule has 4 heteroatoms. The van der Waals surface area contributed by atoms with Gasteiger partial charge in [-0.1, -0.05) is 50.1 Å². The van der Waals surface area contributed by atoms with Crippen LogP contribution in [-0.4, -0.2) is 11.2 Å². The standard InChI is InChI=1S/C21H15Br2NO/c22-15-7-9-20-18(13-15)19-14-16(23)8-10-21(19)24(20)11-4-12-25-17-5-2-1-3-6-17/h1-11,13-14H,12H2. The Labute approximate surface area is 163 Å². The number of hydrogen-bond donors (Lipinski definition) is 0. The Bertz CT molecular complexity index is 1010. The van der Waals surface area contributed by atoms with Crippen molar-refractivity contribution in [1.29, 1.82) is 0 Å². The van der Waals surface area contributed by atoms with Crippen LogP contribution >= 0.6 is 31.9 Å². The first-order chi connectivity index (χ1) is 12.2. The third-order valence-corrected chi connectivity index (χ3v) is 5.06. The molecule has 0 amide bonds. The maximum absolute atomic E-state index is 5.75. The van der Waals surface area contributed by atoms with E-state index >= 15 is 0 Å². The zero-order chi connectivity index (χ0) is 17.2. The highest BCUT2D eigenvalue weighted by molar-refractivity contribution is 9.10. The molecule has 0 unspecified atom stereocenters. The Kier molecular flexibility index (Phi) is 4.64. The van der Waals surface area contributed by atoms with Crippen LogP contribution in [0.2, 0.25) is 0 Å². The largest absolute Gasteiger partial charge is 0.489 e. The Morgan fingerprint density at radius 2 is 1.40 bits per heavy atom. The van der Waals surface area contributed by atoms with Gasteiger partial charge in [-0.25, -0.2) is 0 Å². The zero-order valence-corrected chi connectivity index (χ0v) is 16.5. The minimum absolute atomic E-state index is 0.526. The van der Waals surface area contributed by atoms with E-state index in [1.54, 1.807) is 0 Å². The first kappa shape index (κ1) is 16.4. The molecule has 0 N–H and O–H groups in total. The van der Waals surface area contributed by atoms with Gasteiger partial charge in [0.05, 0.1) is 11.0 Å². The third-order valence-electron chi connectivity index (χ3n) is 4.07. The summed E-state index contributed by atoms with van der Waals surface area (Å²) in [4.78, 5) is 0. The molecule has 124 valence electrons. The van der Waals surface area contributed by atoms with E-state index in [2.05, 4.69) is 79.0 Å². The molecule has 0 saturated heterocycles. The fourth-order valence-electron chi connectivity index (χ4n) is 2.97. The number of halogens is 2. The summed E-state index contributed by atoms with van der Waals surface area (Å²) in [5.74, 6) is 0.877. The fraction of sp³-hybridized carbons (Fsp3) is 0.0476. The highest BCUT2D eigenvalue weighted by Crippen LogP contribution is 2.33. The van der Waals surface area contributed by atoms with Gasteiger partial charge >= 0.3 is 0 Å². The maximum Gasteiger partial charge on any atom is 0.119 e. The van der Waals surface area contributed by atoms with Gasteiger partial charge in [-0.2, -0.15) is 0 Å². The van der Waals surface area contributed by atoms with Crippen molar-refractivity contribution in [3.05, 3.63) is 81.8 Å². The summed E-state index contributed by atoms with van der Waals surface area (Å²) in [5.41, 5.74) is 2.35. The van der Waals surface area contributed by atoms with Crippen molar-refractivity contribution >= 4 is 59.9 Å². The molecule has 25 heavy (non-hydrogen) atoms. The van der Waals surface area contributed by atoms with E-state index < -0.39 is 0 Å². The topological polar surface area (TPSA) is 14.2 Å². The Hall–Kier alpha value is -2.04. The average Bonchev–Trinajstić information content (AvgIpc) is 2.92. The van der Waals surface area contributed by atoms with Crippen LogP contribution in [0.5, 0.6) is 5.75 Å². The zero-order valence-electron chi connectivity index (χ0n) is 13.3. The second-order valence-electron chi connectivity index (χ2n) is 5.70. The van der Waals surface area contributed by atoms with Crippen molar-refractivity contribution in [3.8, 4) is 5.75 Å². The van der Waals surface area contributed by atoms with Gasteiger partial charge in [0.25, 0.3) is 0 Å². The van der Waals surface area contributed by atoms with Crippen LogP contribution in [0.3, 0.4) is 0 Å². The summed E-state index contributed by atoms with van der Waals surface area (Å²) >= 11 is 7.15. The van der Waals surface area contributed by atoms with Crippen LogP contribution in [0.15, 0.2) is 81.8 Å². The minimum atomic E-state index is 0.526. The molecule has 2 nitrogen and oxygen atoms in total. The third kappa shape index (κ3) is 3.37. The second kappa shape index (κ2) is 7.06. The molecular formula is C21H15Br2NO. The Morgan fingerprint density at radius 3 is 2.00 bits per heavy atom. The van der Waals surface area contributed by atoms with E-state index in [4.69, 9.17) is 4.74 Å². The lowest BCUT2D eigenvalue weighted by molar-refractivity contribution is 0.363. The number of nitrogens with zero attached hydrogens (tertiary/aromatic N) is 1. The van der Waals surface area contributed by atoms with Gasteiger partial charge in [0, 0.05) is 25.9 Å². The van der Waals surface area contributed by atoms with Gasteiger partial charge in [0.15, 0.2) is 0 Å². The molecule has 3 aromatic carbocycles. The lowest BCUT2D eigenvalue weighted by atomic mass is 10.2. The molecule has 0 aliphatic heterocycles. The predicted octanol–water partition coefficient (Wildman–Crippen LogP) is 6.87. The van der Waals surface area contributed by atoms with Crippen LogP contribution in [0.4, 0.5) is 0 Å². The number of ether oxygens (including phenoxy) is 1. The molecule has 0 bridgehead atoms. The summed E-state index contributed by atoms with van der Waals surface area (Å²) in [6, 6.07) is 22.6.